The molecule has 0 heterocycles. The molecule has 1 rings (SSSR count). The standard InChI is InChI=1S/C27H50O4/c1-4-6-7-8-9-10-11-12-13-14-15-18-21-30-26(28)24-19-16-17-20-25(24)27(29)31-22-23(3)5-2/h23-25H,4-22H2,1-3H3. The molecule has 0 aromatic carbocycles. The average molecular weight is 439 g/mol. The number of ether oxygens (including phenoxy) is 2. The van der Waals surface area contributed by atoms with Gasteiger partial charge in [0.25, 0.3) is 0 Å². The Morgan fingerprint density at radius 2 is 1.16 bits per heavy atom. The highest BCUT2D eigenvalue weighted by Crippen LogP contribution is 2.32. The Balaban J connectivity index is 2.10. The van der Waals surface area contributed by atoms with Crippen LogP contribution in [0.5, 0.6) is 0 Å². The number of hydrogen-bond donors (Lipinski definition) is 0. The van der Waals surface area contributed by atoms with E-state index in [0.717, 1.165) is 44.9 Å². The van der Waals surface area contributed by atoms with Gasteiger partial charge in [0.05, 0.1) is 25.0 Å². The van der Waals surface area contributed by atoms with E-state index in [-0.39, 0.29) is 23.8 Å². The van der Waals surface area contributed by atoms with Crippen LogP contribution in [0.2, 0.25) is 0 Å². The molecule has 182 valence electrons. The Morgan fingerprint density at radius 1 is 0.710 bits per heavy atom. The van der Waals surface area contributed by atoms with E-state index in [2.05, 4.69) is 20.8 Å². The zero-order valence-corrected chi connectivity index (χ0v) is 20.8. The summed E-state index contributed by atoms with van der Waals surface area (Å²) in [4.78, 5) is 25.1. The summed E-state index contributed by atoms with van der Waals surface area (Å²) in [6.07, 6.45) is 20.0. The van der Waals surface area contributed by atoms with Gasteiger partial charge in [-0.1, -0.05) is 111 Å². The summed E-state index contributed by atoms with van der Waals surface area (Å²) in [7, 11) is 0. The zero-order valence-electron chi connectivity index (χ0n) is 20.8. The van der Waals surface area contributed by atoms with Crippen molar-refractivity contribution in [3.63, 3.8) is 0 Å². The minimum atomic E-state index is -0.313. The Bertz CT molecular complexity index is 462. The molecule has 0 aromatic heterocycles. The molecule has 0 saturated heterocycles. The maximum atomic E-state index is 12.6. The SMILES string of the molecule is CCCCCCCCCCCCCCOC(=O)C1CCCCC1C(=O)OCC(C)CC. The molecule has 1 fully saturated rings. The Kier molecular flexibility index (Phi) is 16.7. The lowest BCUT2D eigenvalue weighted by molar-refractivity contribution is -0.163. The number of hydrogen-bond acceptors (Lipinski definition) is 4. The van der Waals surface area contributed by atoms with Crippen LogP contribution in [0.25, 0.3) is 0 Å². The molecule has 3 atom stereocenters. The lowest BCUT2D eigenvalue weighted by Crippen LogP contribution is -2.35. The zero-order chi connectivity index (χ0) is 22.7. The van der Waals surface area contributed by atoms with Gasteiger partial charge in [0.1, 0.15) is 0 Å². The van der Waals surface area contributed by atoms with Crippen molar-refractivity contribution in [1.29, 1.82) is 0 Å². The summed E-state index contributed by atoms with van der Waals surface area (Å²) < 4.78 is 11.0. The third-order valence-electron chi connectivity index (χ3n) is 6.82. The summed E-state index contributed by atoms with van der Waals surface area (Å²) in [6, 6.07) is 0. The number of carbonyl (C=O) groups excluding carboxylic acids is 2. The van der Waals surface area contributed by atoms with Gasteiger partial charge in [-0.3, -0.25) is 9.59 Å². The number of esters is 2. The maximum Gasteiger partial charge on any atom is 0.309 e. The molecule has 31 heavy (non-hydrogen) atoms. The third-order valence-corrected chi connectivity index (χ3v) is 6.82. The first kappa shape index (κ1) is 28.0. The molecule has 0 bridgehead atoms. The van der Waals surface area contributed by atoms with Gasteiger partial charge in [-0.05, 0) is 25.2 Å². The predicted molar refractivity (Wildman–Crippen MR) is 128 cm³/mol. The van der Waals surface area contributed by atoms with Crippen LogP contribution in [0, 0.1) is 17.8 Å². The minimum Gasteiger partial charge on any atom is -0.465 e. The number of rotatable bonds is 18. The van der Waals surface area contributed by atoms with Crippen LogP contribution in [0.4, 0.5) is 0 Å². The molecule has 1 saturated carbocycles. The Morgan fingerprint density at radius 3 is 1.65 bits per heavy atom. The van der Waals surface area contributed by atoms with Crippen molar-refractivity contribution in [1.82, 2.24) is 0 Å². The van der Waals surface area contributed by atoms with E-state index >= 15 is 0 Å². The second-order valence-electron chi connectivity index (χ2n) is 9.70. The van der Waals surface area contributed by atoms with Gasteiger partial charge < -0.3 is 9.47 Å². The third kappa shape index (κ3) is 13.2. The van der Waals surface area contributed by atoms with Crippen molar-refractivity contribution in [2.75, 3.05) is 13.2 Å². The smallest absolute Gasteiger partial charge is 0.309 e. The first-order valence-corrected chi connectivity index (χ1v) is 13.4. The summed E-state index contributed by atoms with van der Waals surface area (Å²) >= 11 is 0. The molecule has 4 heteroatoms. The van der Waals surface area contributed by atoms with Gasteiger partial charge in [-0.15, -0.1) is 0 Å². The first-order valence-electron chi connectivity index (χ1n) is 13.4. The largest absolute Gasteiger partial charge is 0.465 e. The highest BCUT2D eigenvalue weighted by Gasteiger charge is 2.37. The van der Waals surface area contributed by atoms with Crippen LogP contribution < -0.4 is 0 Å². The van der Waals surface area contributed by atoms with Gasteiger partial charge in [0, 0.05) is 0 Å². The summed E-state index contributed by atoms with van der Waals surface area (Å²) in [5, 5.41) is 0. The topological polar surface area (TPSA) is 52.6 Å². The van der Waals surface area contributed by atoms with Crippen LogP contribution in [-0.2, 0) is 19.1 Å². The summed E-state index contributed by atoms with van der Waals surface area (Å²) in [5.74, 6) is -0.646. The second kappa shape index (κ2) is 18.5. The van der Waals surface area contributed by atoms with Crippen molar-refractivity contribution in [2.45, 2.75) is 130 Å². The summed E-state index contributed by atoms with van der Waals surface area (Å²) in [5.41, 5.74) is 0. The van der Waals surface area contributed by atoms with E-state index in [1.807, 2.05) is 0 Å². The van der Waals surface area contributed by atoms with Crippen molar-refractivity contribution < 1.29 is 19.1 Å². The van der Waals surface area contributed by atoms with Crippen LogP contribution in [0.15, 0.2) is 0 Å². The molecule has 0 amide bonds. The van der Waals surface area contributed by atoms with Crippen molar-refractivity contribution >= 4 is 11.9 Å². The fraction of sp³-hybridized carbons (Fsp3) is 0.926. The van der Waals surface area contributed by atoms with E-state index < -0.39 is 0 Å². The highest BCUT2D eigenvalue weighted by molar-refractivity contribution is 5.82. The highest BCUT2D eigenvalue weighted by atomic mass is 16.5. The lowest BCUT2D eigenvalue weighted by atomic mass is 9.79. The molecule has 0 radical (unpaired) electrons. The molecule has 4 nitrogen and oxygen atoms in total. The molecule has 0 aliphatic heterocycles. The first-order chi connectivity index (χ1) is 15.1. The van der Waals surface area contributed by atoms with Crippen LogP contribution in [0.1, 0.15) is 130 Å². The van der Waals surface area contributed by atoms with E-state index in [1.54, 1.807) is 0 Å². The quantitative estimate of drug-likeness (QED) is 0.163. The van der Waals surface area contributed by atoms with Gasteiger partial charge in [0.15, 0.2) is 0 Å². The molecular weight excluding hydrogens is 388 g/mol. The van der Waals surface area contributed by atoms with E-state index in [0.29, 0.717) is 19.1 Å². The van der Waals surface area contributed by atoms with Crippen LogP contribution in [-0.4, -0.2) is 25.2 Å². The molecular formula is C27H50O4. The van der Waals surface area contributed by atoms with E-state index in [1.165, 1.54) is 64.2 Å². The molecule has 3 unspecified atom stereocenters. The van der Waals surface area contributed by atoms with Gasteiger partial charge in [-0.25, -0.2) is 0 Å². The van der Waals surface area contributed by atoms with Crippen LogP contribution >= 0.6 is 0 Å². The Hall–Kier alpha value is -1.06. The Labute approximate surface area is 192 Å². The maximum absolute atomic E-state index is 12.6. The van der Waals surface area contributed by atoms with Crippen LogP contribution in [0.3, 0.4) is 0 Å². The normalized spacial score (nSPS) is 19.7. The molecule has 1 aliphatic carbocycles. The van der Waals surface area contributed by atoms with E-state index in [9.17, 15) is 9.59 Å². The molecule has 0 aromatic rings. The van der Waals surface area contributed by atoms with E-state index in [4.69, 9.17) is 9.47 Å². The minimum absolute atomic E-state index is 0.187. The predicted octanol–water partition coefficient (Wildman–Crippen LogP) is 7.63. The molecule has 0 N–H and O–H groups in total. The average Bonchev–Trinajstić information content (AvgIpc) is 2.80. The summed E-state index contributed by atoms with van der Waals surface area (Å²) in [6.45, 7) is 7.37. The molecule has 1 aliphatic rings. The van der Waals surface area contributed by atoms with Gasteiger partial charge >= 0.3 is 11.9 Å². The second-order valence-corrected chi connectivity index (χ2v) is 9.70. The lowest BCUT2D eigenvalue weighted by Gasteiger charge is -2.28. The van der Waals surface area contributed by atoms with Gasteiger partial charge in [0.2, 0.25) is 0 Å². The number of unbranched alkanes of at least 4 members (excludes halogenated alkanes) is 11. The van der Waals surface area contributed by atoms with Crippen molar-refractivity contribution in [3.8, 4) is 0 Å². The van der Waals surface area contributed by atoms with Gasteiger partial charge in [-0.2, -0.15) is 0 Å². The monoisotopic (exact) mass is 438 g/mol. The van der Waals surface area contributed by atoms with Crippen molar-refractivity contribution in [2.24, 2.45) is 17.8 Å². The molecule has 0 spiro atoms. The fourth-order valence-corrected chi connectivity index (χ4v) is 4.37. The number of carbonyl (C=O) groups is 2. The van der Waals surface area contributed by atoms with Crippen molar-refractivity contribution in [3.05, 3.63) is 0 Å². The fourth-order valence-electron chi connectivity index (χ4n) is 4.37.